The van der Waals surface area contributed by atoms with E-state index >= 15 is 0 Å². The molecule has 0 unspecified atom stereocenters. The van der Waals surface area contributed by atoms with Gasteiger partial charge in [-0.1, -0.05) is 17.2 Å². The average Bonchev–Trinajstić information content (AvgIpc) is 2.30. The molecule has 0 aromatic rings. The molecular weight excluding hydrogens is 132 g/mol. The van der Waals surface area contributed by atoms with Crippen molar-refractivity contribution in [2.75, 3.05) is 0 Å². The standard InChI is InChI=1S/C6H10N2O2/c1-4-2-3-5(7-9)6(4)8-10/h4,9-10H,2-3H2,1H3/b7-5-,8-6?/t4-/m1/s1. The van der Waals surface area contributed by atoms with Crippen LogP contribution in [0.15, 0.2) is 10.3 Å². The summed E-state index contributed by atoms with van der Waals surface area (Å²) in [6.07, 6.45) is 1.61. The summed E-state index contributed by atoms with van der Waals surface area (Å²) in [5.74, 6) is 0.218. The van der Waals surface area contributed by atoms with E-state index in [4.69, 9.17) is 10.4 Å². The van der Waals surface area contributed by atoms with Crippen molar-refractivity contribution in [3.05, 3.63) is 0 Å². The zero-order valence-corrected chi connectivity index (χ0v) is 5.78. The van der Waals surface area contributed by atoms with E-state index in [1.165, 1.54) is 0 Å². The zero-order valence-electron chi connectivity index (χ0n) is 5.78. The number of hydrogen-bond acceptors (Lipinski definition) is 4. The molecule has 0 heterocycles. The Morgan fingerprint density at radius 3 is 2.50 bits per heavy atom. The second kappa shape index (κ2) is 2.68. The molecule has 0 aliphatic heterocycles. The van der Waals surface area contributed by atoms with E-state index in [2.05, 4.69) is 10.3 Å². The van der Waals surface area contributed by atoms with Gasteiger partial charge in [0.2, 0.25) is 0 Å². The van der Waals surface area contributed by atoms with E-state index in [9.17, 15) is 0 Å². The molecule has 0 bridgehead atoms. The summed E-state index contributed by atoms with van der Waals surface area (Å²) in [6, 6.07) is 0. The smallest absolute Gasteiger partial charge is 0.107 e. The molecule has 56 valence electrons. The third-order valence-corrected chi connectivity index (χ3v) is 1.81. The highest BCUT2D eigenvalue weighted by Crippen LogP contribution is 2.19. The molecule has 1 saturated carbocycles. The number of oxime groups is 2. The van der Waals surface area contributed by atoms with E-state index in [1.54, 1.807) is 0 Å². The van der Waals surface area contributed by atoms with E-state index in [1.807, 2.05) is 6.92 Å². The van der Waals surface area contributed by atoms with Crippen LogP contribution < -0.4 is 0 Å². The van der Waals surface area contributed by atoms with Crippen LogP contribution in [0.4, 0.5) is 0 Å². The van der Waals surface area contributed by atoms with Gasteiger partial charge >= 0.3 is 0 Å². The first-order valence-electron chi connectivity index (χ1n) is 3.23. The topological polar surface area (TPSA) is 65.2 Å². The first-order valence-corrected chi connectivity index (χ1v) is 3.23. The van der Waals surface area contributed by atoms with Gasteiger partial charge in [-0.05, 0) is 12.8 Å². The third-order valence-electron chi connectivity index (χ3n) is 1.81. The van der Waals surface area contributed by atoms with Crippen molar-refractivity contribution in [1.29, 1.82) is 0 Å². The monoisotopic (exact) mass is 142 g/mol. The van der Waals surface area contributed by atoms with Crippen LogP contribution in [0.1, 0.15) is 19.8 Å². The molecule has 1 aliphatic carbocycles. The van der Waals surface area contributed by atoms with E-state index in [0.717, 1.165) is 6.42 Å². The normalized spacial score (nSPS) is 33.9. The van der Waals surface area contributed by atoms with Crippen molar-refractivity contribution in [3.8, 4) is 0 Å². The van der Waals surface area contributed by atoms with Gasteiger partial charge < -0.3 is 10.4 Å². The van der Waals surface area contributed by atoms with Gasteiger partial charge in [0.15, 0.2) is 0 Å². The Morgan fingerprint density at radius 1 is 1.40 bits per heavy atom. The summed E-state index contributed by atoms with van der Waals surface area (Å²) >= 11 is 0. The fraction of sp³-hybridized carbons (Fsp3) is 0.667. The van der Waals surface area contributed by atoms with Crippen LogP contribution in [-0.2, 0) is 0 Å². The summed E-state index contributed by atoms with van der Waals surface area (Å²) in [4.78, 5) is 0. The molecule has 1 atom stereocenters. The van der Waals surface area contributed by atoms with Crippen LogP contribution >= 0.6 is 0 Å². The lowest BCUT2D eigenvalue weighted by molar-refractivity contribution is 0.313. The molecular formula is C6H10N2O2. The van der Waals surface area contributed by atoms with Gasteiger partial charge in [-0.3, -0.25) is 0 Å². The first kappa shape index (κ1) is 7.05. The molecule has 4 nitrogen and oxygen atoms in total. The fourth-order valence-electron chi connectivity index (χ4n) is 1.16. The van der Waals surface area contributed by atoms with Crippen molar-refractivity contribution in [2.45, 2.75) is 19.8 Å². The lowest BCUT2D eigenvalue weighted by Gasteiger charge is -1.97. The molecule has 4 heteroatoms. The van der Waals surface area contributed by atoms with Crippen molar-refractivity contribution >= 4 is 11.4 Å². The summed E-state index contributed by atoms with van der Waals surface area (Å²) in [5.41, 5.74) is 1.03. The van der Waals surface area contributed by atoms with Crippen LogP contribution in [0.3, 0.4) is 0 Å². The van der Waals surface area contributed by atoms with Gasteiger partial charge in [0, 0.05) is 5.92 Å². The van der Waals surface area contributed by atoms with Crippen molar-refractivity contribution in [3.63, 3.8) is 0 Å². The maximum Gasteiger partial charge on any atom is 0.107 e. The Balaban J connectivity index is 2.84. The first-order chi connectivity index (χ1) is 4.79. The van der Waals surface area contributed by atoms with E-state index in [0.29, 0.717) is 17.8 Å². The highest BCUT2D eigenvalue weighted by molar-refractivity contribution is 6.44. The van der Waals surface area contributed by atoms with Gasteiger partial charge in [-0.15, -0.1) is 0 Å². The molecule has 0 amide bonds. The Labute approximate surface area is 58.8 Å². The number of nitrogens with zero attached hydrogens (tertiary/aromatic N) is 2. The Bertz CT molecular complexity index is 186. The number of hydrogen-bond donors (Lipinski definition) is 2. The second-order valence-electron chi connectivity index (χ2n) is 2.47. The quantitative estimate of drug-likeness (QED) is 0.392. The highest BCUT2D eigenvalue weighted by Gasteiger charge is 2.25. The van der Waals surface area contributed by atoms with Crippen LogP contribution in [0.5, 0.6) is 0 Å². The Morgan fingerprint density at radius 2 is 2.10 bits per heavy atom. The molecule has 0 aromatic heterocycles. The van der Waals surface area contributed by atoms with Gasteiger partial charge in [0.25, 0.3) is 0 Å². The molecule has 0 saturated heterocycles. The second-order valence-corrected chi connectivity index (χ2v) is 2.47. The number of rotatable bonds is 0. The maximum absolute atomic E-state index is 8.43. The van der Waals surface area contributed by atoms with E-state index < -0.39 is 0 Å². The van der Waals surface area contributed by atoms with Crippen LogP contribution in [0.25, 0.3) is 0 Å². The molecule has 0 aromatic carbocycles. The van der Waals surface area contributed by atoms with Gasteiger partial charge in [-0.2, -0.15) is 0 Å². The molecule has 1 fully saturated rings. The van der Waals surface area contributed by atoms with Crippen LogP contribution in [0.2, 0.25) is 0 Å². The van der Waals surface area contributed by atoms with Gasteiger partial charge in [0.05, 0.1) is 0 Å². The van der Waals surface area contributed by atoms with E-state index in [-0.39, 0.29) is 5.92 Å². The molecule has 2 N–H and O–H groups in total. The van der Waals surface area contributed by atoms with Crippen molar-refractivity contribution in [2.24, 2.45) is 16.2 Å². The third kappa shape index (κ3) is 0.964. The lowest BCUT2D eigenvalue weighted by Crippen LogP contribution is -2.11. The van der Waals surface area contributed by atoms with Crippen molar-refractivity contribution in [1.82, 2.24) is 0 Å². The van der Waals surface area contributed by atoms with Crippen LogP contribution in [0, 0.1) is 5.92 Å². The predicted octanol–water partition coefficient (Wildman–Crippen LogP) is 1.08. The highest BCUT2D eigenvalue weighted by atomic mass is 16.4. The molecule has 1 rings (SSSR count). The average molecular weight is 142 g/mol. The lowest BCUT2D eigenvalue weighted by atomic mass is 10.1. The summed E-state index contributed by atoms with van der Waals surface area (Å²) < 4.78 is 0. The zero-order chi connectivity index (χ0) is 7.56. The molecule has 0 spiro atoms. The minimum absolute atomic E-state index is 0.218. The van der Waals surface area contributed by atoms with Gasteiger partial charge in [0.1, 0.15) is 11.4 Å². The Kier molecular flexibility index (Phi) is 1.89. The Hall–Kier alpha value is -1.06. The van der Waals surface area contributed by atoms with Crippen molar-refractivity contribution < 1.29 is 10.4 Å². The summed E-state index contributed by atoms with van der Waals surface area (Å²) in [5, 5.41) is 22.9. The largest absolute Gasteiger partial charge is 0.411 e. The molecule has 0 radical (unpaired) electrons. The summed E-state index contributed by atoms with van der Waals surface area (Å²) in [7, 11) is 0. The predicted molar refractivity (Wildman–Crippen MR) is 36.8 cm³/mol. The molecule has 1 aliphatic rings. The minimum atomic E-state index is 0.218. The van der Waals surface area contributed by atoms with Crippen LogP contribution in [-0.4, -0.2) is 21.8 Å². The summed E-state index contributed by atoms with van der Waals surface area (Å²) in [6.45, 7) is 1.94. The molecule has 10 heavy (non-hydrogen) atoms. The maximum atomic E-state index is 8.43. The van der Waals surface area contributed by atoms with Gasteiger partial charge in [-0.25, -0.2) is 0 Å². The minimum Gasteiger partial charge on any atom is -0.411 e. The SMILES string of the molecule is C[C@@H]1CC/C(=N/O)C1=NO. The fourth-order valence-corrected chi connectivity index (χ4v) is 1.16.